The van der Waals surface area contributed by atoms with E-state index in [0.29, 0.717) is 12.5 Å². The van der Waals surface area contributed by atoms with Crippen molar-refractivity contribution in [3.05, 3.63) is 23.4 Å². The van der Waals surface area contributed by atoms with E-state index in [1.54, 1.807) is 0 Å². The molecule has 20 heavy (non-hydrogen) atoms. The van der Waals surface area contributed by atoms with E-state index in [1.807, 2.05) is 6.92 Å². The molecule has 7 heteroatoms. The van der Waals surface area contributed by atoms with E-state index >= 15 is 0 Å². The zero-order valence-electron chi connectivity index (χ0n) is 10.9. The number of carboxylic acids is 1. The summed E-state index contributed by atoms with van der Waals surface area (Å²) in [5.74, 6) is -1.49. The fraction of sp³-hybridized carbons (Fsp3) is 0.538. The monoisotopic (exact) mass is 288 g/mol. The number of aromatic carboxylic acids is 1. The third-order valence-electron chi connectivity index (χ3n) is 3.79. The van der Waals surface area contributed by atoms with Crippen molar-refractivity contribution in [1.29, 1.82) is 0 Å². The van der Waals surface area contributed by atoms with Gasteiger partial charge in [0.1, 0.15) is 17.1 Å². The Morgan fingerprint density at radius 1 is 1.45 bits per heavy atom. The van der Waals surface area contributed by atoms with Crippen LogP contribution in [0.15, 0.2) is 12.1 Å². The van der Waals surface area contributed by atoms with Crippen molar-refractivity contribution >= 4 is 11.8 Å². The van der Waals surface area contributed by atoms with Gasteiger partial charge in [-0.1, -0.05) is 6.92 Å². The SMILES string of the molecule is CCC1(Nc2nc(C(F)(F)F)ccc2C(=O)O)CCC1. The highest BCUT2D eigenvalue weighted by atomic mass is 19.4. The van der Waals surface area contributed by atoms with Gasteiger partial charge in [-0.2, -0.15) is 13.2 Å². The largest absolute Gasteiger partial charge is 0.478 e. The minimum Gasteiger partial charge on any atom is -0.478 e. The minimum atomic E-state index is -4.59. The number of halogens is 3. The average molecular weight is 288 g/mol. The van der Waals surface area contributed by atoms with Crippen LogP contribution >= 0.6 is 0 Å². The fourth-order valence-electron chi connectivity index (χ4n) is 2.31. The zero-order valence-corrected chi connectivity index (χ0v) is 10.9. The Hall–Kier alpha value is -1.79. The van der Waals surface area contributed by atoms with Crippen LogP contribution < -0.4 is 5.32 Å². The number of pyridine rings is 1. The van der Waals surface area contributed by atoms with E-state index in [9.17, 15) is 18.0 Å². The van der Waals surface area contributed by atoms with Crippen LogP contribution in [0, 0.1) is 0 Å². The number of aromatic nitrogens is 1. The molecule has 2 N–H and O–H groups in total. The molecule has 0 amide bonds. The lowest BCUT2D eigenvalue weighted by molar-refractivity contribution is -0.141. The molecule has 1 fully saturated rings. The maximum absolute atomic E-state index is 12.7. The summed E-state index contributed by atoms with van der Waals surface area (Å²) in [5, 5.41) is 12.0. The van der Waals surface area contributed by atoms with Crippen molar-refractivity contribution in [2.75, 3.05) is 5.32 Å². The summed E-state index contributed by atoms with van der Waals surface area (Å²) < 4.78 is 38.0. The number of alkyl halides is 3. The number of anilines is 1. The van der Waals surface area contributed by atoms with E-state index in [0.717, 1.165) is 25.3 Å². The third kappa shape index (κ3) is 2.71. The van der Waals surface area contributed by atoms with Crippen molar-refractivity contribution < 1.29 is 23.1 Å². The number of hydrogen-bond acceptors (Lipinski definition) is 3. The highest BCUT2D eigenvalue weighted by Gasteiger charge is 2.38. The molecule has 0 bridgehead atoms. The van der Waals surface area contributed by atoms with Crippen LogP contribution in [0.4, 0.5) is 19.0 Å². The molecular formula is C13H15F3N2O2. The molecule has 0 saturated heterocycles. The number of rotatable bonds is 4. The molecule has 1 aliphatic rings. The molecule has 4 nitrogen and oxygen atoms in total. The molecule has 0 atom stereocenters. The van der Waals surface area contributed by atoms with Crippen LogP contribution in [0.2, 0.25) is 0 Å². The molecule has 2 rings (SSSR count). The molecule has 0 aromatic carbocycles. The summed E-state index contributed by atoms with van der Waals surface area (Å²) in [5.41, 5.74) is -1.66. The summed E-state index contributed by atoms with van der Waals surface area (Å²) in [7, 11) is 0. The quantitative estimate of drug-likeness (QED) is 0.889. The molecule has 1 aliphatic carbocycles. The molecule has 0 aliphatic heterocycles. The molecule has 1 aromatic rings. The van der Waals surface area contributed by atoms with Crippen molar-refractivity contribution in [3.63, 3.8) is 0 Å². The van der Waals surface area contributed by atoms with Gasteiger partial charge in [0.2, 0.25) is 0 Å². The smallest absolute Gasteiger partial charge is 0.433 e. The molecule has 1 saturated carbocycles. The predicted octanol–water partition coefficient (Wildman–Crippen LogP) is 3.54. The predicted molar refractivity (Wildman–Crippen MR) is 66.7 cm³/mol. The Morgan fingerprint density at radius 3 is 2.50 bits per heavy atom. The maximum atomic E-state index is 12.7. The van der Waals surface area contributed by atoms with Gasteiger partial charge in [-0.3, -0.25) is 0 Å². The topological polar surface area (TPSA) is 62.2 Å². The number of nitrogens with one attached hydrogen (secondary N) is 1. The van der Waals surface area contributed by atoms with Gasteiger partial charge in [0.25, 0.3) is 0 Å². The summed E-state index contributed by atoms with van der Waals surface area (Å²) in [6.07, 6.45) is -1.29. The number of carboxylic acid groups (broad SMARTS) is 1. The van der Waals surface area contributed by atoms with Gasteiger partial charge in [0.05, 0.1) is 0 Å². The molecule has 110 valence electrons. The Morgan fingerprint density at radius 2 is 2.10 bits per heavy atom. The second-order valence-electron chi connectivity index (χ2n) is 5.01. The first kappa shape index (κ1) is 14.6. The highest BCUT2D eigenvalue weighted by molar-refractivity contribution is 5.93. The van der Waals surface area contributed by atoms with Crippen molar-refractivity contribution in [1.82, 2.24) is 4.98 Å². The zero-order chi connectivity index (χ0) is 15.0. The lowest BCUT2D eigenvalue weighted by atomic mass is 9.75. The van der Waals surface area contributed by atoms with Gasteiger partial charge >= 0.3 is 12.1 Å². The van der Waals surface area contributed by atoms with Gasteiger partial charge in [0.15, 0.2) is 0 Å². The standard InChI is InChI=1S/C13H15F3N2O2/c1-2-12(6-3-7-12)18-10-8(11(19)20)4-5-9(17-10)13(14,15)16/h4-5H,2-3,6-7H2,1H3,(H,17,18)(H,19,20). The Kier molecular flexibility index (Phi) is 3.62. The van der Waals surface area contributed by atoms with Gasteiger partial charge in [-0.15, -0.1) is 0 Å². The van der Waals surface area contributed by atoms with E-state index in [2.05, 4.69) is 10.3 Å². The fourth-order valence-corrected chi connectivity index (χ4v) is 2.31. The van der Waals surface area contributed by atoms with Gasteiger partial charge < -0.3 is 10.4 Å². The van der Waals surface area contributed by atoms with E-state index in [-0.39, 0.29) is 16.9 Å². The van der Waals surface area contributed by atoms with Crippen LogP contribution in [-0.4, -0.2) is 21.6 Å². The van der Waals surface area contributed by atoms with Crippen LogP contribution in [0.25, 0.3) is 0 Å². The van der Waals surface area contributed by atoms with Crippen molar-refractivity contribution in [3.8, 4) is 0 Å². The average Bonchev–Trinajstić information content (AvgIpc) is 2.32. The van der Waals surface area contributed by atoms with Crippen LogP contribution in [0.5, 0.6) is 0 Å². The first-order valence-corrected chi connectivity index (χ1v) is 6.37. The number of hydrogen-bond donors (Lipinski definition) is 2. The number of nitrogens with zero attached hydrogens (tertiary/aromatic N) is 1. The maximum Gasteiger partial charge on any atom is 0.433 e. The van der Waals surface area contributed by atoms with Crippen molar-refractivity contribution in [2.24, 2.45) is 0 Å². The summed E-state index contributed by atoms with van der Waals surface area (Å²) in [6.45, 7) is 1.92. The second-order valence-corrected chi connectivity index (χ2v) is 5.01. The van der Waals surface area contributed by atoms with Crippen LogP contribution in [0.1, 0.15) is 48.7 Å². The minimum absolute atomic E-state index is 0.200. The Balaban J connectivity index is 2.39. The molecule has 1 heterocycles. The van der Waals surface area contributed by atoms with Gasteiger partial charge in [0, 0.05) is 5.54 Å². The second kappa shape index (κ2) is 4.96. The summed E-state index contributed by atoms with van der Waals surface area (Å²) in [4.78, 5) is 14.6. The van der Waals surface area contributed by atoms with Gasteiger partial charge in [-0.25, -0.2) is 9.78 Å². The molecule has 0 spiro atoms. The summed E-state index contributed by atoms with van der Waals surface area (Å²) in [6, 6.07) is 1.64. The molecular weight excluding hydrogens is 273 g/mol. The lowest BCUT2D eigenvalue weighted by Gasteiger charge is -2.42. The third-order valence-corrected chi connectivity index (χ3v) is 3.79. The highest BCUT2D eigenvalue weighted by Crippen LogP contribution is 2.39. The van der Waals surface area contributed by atoms with E-state index < -0.39 is 17.8 Å². The van der Waals surface area contributed by atoms with E-state index in [4.69, 9.17) is 5.11 Å². The molecule has 1 aromatic heterocycles. The first-order chi connectivity index (χ1) is 9.27. The van der Waals surface area contributed by atoms with E-state index in [1.165, 1.54) is 0 Å². The summed E-state index contributed by atoms with van der Waals surface area (Å²) >= 11 is 0. The number of carbonyl (C=O) groups is 1. The normalized spacial score (nSPS) is 17.4. The Labute approximate surface area is 114 Å². The van der Waals surface area contributed by atoms with Crippen LogP contribution in [0.3, 0.4) is 0 Å². The first-order valence-electron chi connectivity index (χ1n) is 6.37. The molecule has 0 radical (unpaired) electrons. The Bertz CT molecular complexity index is 519. The van der Waals surface area contributed by atoms with Gasteiger partial charge in [-0.05, 0) is 37.8 Å². The molecule has 0 unspecified atom stereocenters. The van der Waals surface area contributed by atoms with Crippen molar-refractivity contribution in [2.45, 2.75) is 44.3 Å². The lowest BCUT2D eigenvalue weighted by Crippen LogP contribution is -2.45. The van der Waals surface area contributed by atoms with Crippen LogP contribution in [-0.2, 0) is 6.18 Å².